The minimum atomic E-state index is -1.00. The first-order valence-electron chi connectivity index (χ1n) is 8.66. The molecule has 0 saturated carbocycles. The normalized spacial score (nSPS) is 14.8. The van der Waals surface area contributed by atoms with Crippen LogP contribution in [0.2, 0.25) is 0 Å². The summed E-state index contributed by atoms with van der Waals surface area (Å²) in [6, 6.07) is 18.1. The van der Waals surface area contributed by atoms with Crippen LogP contribution in [0.1, 0.15) is 17.5 Å². The molecule has 2 unspecified atom stereocenters. The molecular formula is C22H29NO2. The highest BCUT2D eigenvalue weighted by molar-refractivity contribution is 5.34. The predicted octanol–water partition coefficient (Wildman–Crippen LogP) is 3.88. The monoisotopic (exact) mass is 339 g/mol. The fourth-order valence-corrected chi connectivity index (χ4v) is 3.36. The van der Waals surface area contributed by atoms with Crippen LogP contribution in [0.15, 0.2) is 67.3 Å². The first-order chi connectivity index (χ1) is 12.0. The van der Waals surface area contributed by atoms with Gasteiger partial charge in [-0.25, -0.2) is 0 Å². The van der Waals surface area contributed by atoms with Crippen LogP contribution in [0.3, 0.4) is 0 Å². The third-order valence-electron chi connectivity index (χ3n) is 4.61. The number of hydrogen-bond acceptors (Lipinski definition) is 3. The van der Waals surface area contributed by atoms with Gasteiger partial charge in [0.05, 0.1) is 12.7 Å². The van der Waals surface area contributed by atoms with Crippen molar-refractivity contribution in [2.24, 2.45) is 5.92 Å². The topological polar surface area (TPSA) is 32.7 Å². The van der Waals surface area contributed by atoms with Gasteiger partial charge in [0, 0.05) is 12.5 Å². The van der Waals surface area contributed by atoms with Gasteiger partial charge in [-0.2, -0.15) is 0 Å². The van der Waals surface area contributed by atoms with Crippen LogP contribution in [0, 0.1) is 5.92 Å². The van der Waals surface area contributed by atoms with E-state index in [0.29, 0.717) is 6.42 Å². The molecule has 2 rings (SSSR count). The molecular weight excluding hydrogens is 310 g/mol. The molecule has 2 atom stereocenters. The fraction of sp³-hybridized carbons (Fsp3) is 0.364. The average molecular weight is 339 g/mol. The molecule has 0 bridgehead atoms. The summed E-state index contributed by atoms with van der Waals surface area (Å²) in [6.45, 7) is 4.65. The molecule has 3 nitrogen and oxygen atoms in total. The summed E-state index contributed by atoms with van der Waals surface area (Å²) in [7, 11) is 5.72. The number of rotatable bonds is 9. The number of nitrogens with zero attached hydrogens (tertiary/aromatic N) is 1. The highest BCUT2D eigenvalue weighted by Gasteiger charge is 2.38. The van der Waals surface area contributed by atoms with Crippen molar-refractivity contribution in [2.75, 3.05) is 27.7 Å². The number of aliphatic hydroxyl groups is 1. The summed E-state index contributed by atoms with van der Waals surface area (Å²) in [5.74, 6) is 0.776. The van der Waals surface area contributed by atoms with Crippen molar-refractivity contribution in [3.63, 3.8) is 0 Å². The molecule has 2 aromatic rings. The van der Waals surface area contributed by atoms with E-state index in [1.165, 1.54) is 5.56 Å². The molecule has 0 aliphatic rings. The molecule has 25 heavy (non-hydrogen) atoms. The Balaban J connectivity index is 2.43. The van der Waals surface area contributed by atoms with Crippen LogP contribution < -0.4 is 4.74 Å². The van der Waals surface area contributed by atoms with Gasteiger partial charge >= 0.3 is 0 Å². The molecule has 0 heterocycles. The van der Waals surface area contributed by atoms with Crippen LogP contribution >= 0.6 is 0 Å². The molecule has 0 aromatic heterocycles. The lowest BCUT2D eigenvalue weighted by atomic mass is 9.75. The van der Waals surface area contributed by atoms with E-state index in [-0.39, 0.29) is 5.92 Å². The molecule has 3 heteroatoms. The summed E-state index contributed by atoms with van der Waals surface area (Å²) in [5.41, 5.74) is 1.09. The minimum absolute atomic E-state index is 0.0232. The zero-order valence-corrected chi connectivity index (χ0v) is 15.5. The van der Waals surface area contributed by atoms with Gasteiger partial charge in [-0.1, -0.05) is 48.5 Å². The Morgan fingerprint density at radius 3 is 2.48 bits per heavy atom. The number of ether oxygens (including phenoxy) is 1. The van der Waals surface area contributed by atoms with Crippen molar-refractivity contribution in [3.05, 3.63) is 78.4 Å². The molecule has 0 radical (unpaired) electrons. The Hall–Kier alpha value is -2.10. The smallest absolute Gasteiger partial charge is 0.119 e. The molecule has 0 saturated heterocycles. The third kappa shape index (κ3) is 4.94. The van der Waals surface area contributed by atoms with Crippen LogP contribution in [-0.4, -0.2) is 37.8 Å². The average Bonchev–Trinajstić information content (AvgIpc) is 2.62. The standard InChI is InChI=1S/C22H29NO2/c1-5-14-22(24,19-12-9-13-21(16-19)25-4)20(17-23(2)3)15-18-10-7-6-8-11-18/h5-13,16,20,24H,1,14-15,17H2,2-4H3. The second kappa shape index (κ2) is 8.84. The van der Waals surface area contributed by atoms with Crippen molar-refractivity contribution in [3.8, 4) is 5.75 Å². The summed E-state index contributed by atoms with van der Waals surface area (Å²) < 4.78 is 5.36. The largest absolute Gasteiger partial charge is 0.497 e. The molecule has 0 aliphatic carbocycles. The Labute approximate surface area is 151 Å². The molecule has 1 N–H and O–H groups in total. The van der Waals surface area contributed by atoms with Gasteiger partial charge in [0.15, 0.2) is 0 Å². The lowest BCUT2D eigenvalue weighted by Crippen LogP contribution is -2.41. The maximum absolute atomic E-state index is 11.7. The second-order valence-corrected chi connectivity index (χ2v) is 6.80. The number of benzene rings is 2. The van der Waals surface area contributed by atoms with Gasteiger partial charge < -0.3 is 14.7 Å². The summed E-state index contributed by atoms with van der Waals surface area (Å²) >= 11 is 0. The predicted molar refractivity (Wildman–Crippen MR) is 104 cm³/mol. The van der Waals surface area contributed by atoms with E-state index < -0.39 is 5.60 Å². The molecule has 134 valence electrons. The first-order valence-corrected chi connectivity index (χ1v) is 8.66. The van der Waals surface area contributed by atoms with Crippen LogP contribution in [0.25, 0.3) is 0 Å². The van der Waals surface area contributed by atoms with E-state index in [1.54, 1.807) is 13.2 Å². The van der Waals surface area contributed by atoms with Gasteiger partial charge in [-0.15, -0.1) is 6.58 Å². The maximum atomic E-state index is 11.7. The highest BCUT2D eigenvalue weighted by atomic mass is 16.5. The van der Waals surface area contributed by atoms with Crippen LogP contribution in [0.5, 0.6) is 5.75 Å². The van der Waals surface area contributed by atoms with E-state index in [9.17, 15) is 5.11 Å². The van der Waals surface area contributed by atoms with Gasteiger partial charge in [0.25, 0.3) is 0 Å². The summed E-state index contributed by atoms with van der Waals surface area (Å²) in [6.07, 6.45) is 3.08. The Bertz CT molecular complexity index is 669. The van der Waals surface area contributed by atoms with Gasteiger partial charge in [0.1, 0.15) is 5.75 Å². The van der Waals surface area contributed by atoms with E-state index in [1.807, 2.05) is 56.6 Å². The van der Waals surface area contributed by atoms with Crippen molar-refractivity contribution in [1.29, 1.82) is 0 Å². The Morgan fingerprint density at radius 1 is 1.16 bits per heavy atom. The van der Waals surface area contributed by atoms with Gasteiger partial charge in [-0.05, 0) is 50.2 Å². The quantitative estimate of drug-likeness (QED) is 0.704. The molecule has 0 aliphatic heterocycles. The lowest BCUT2D eigenvalue weighted by Gasteiger charge is -2.38. The fourth-order valence-electron chi connectivity index (χ4n) is 3.36. The molecule has 0 spiro atoms. The van der Waals surface area contributed by atoms with Crippen molar-refractivity contribution < 1.29 is 9.84 Å². The Kier molecular flexibility index (Phi) is 6.80. The number of hydrogen-bond donors (Lipinski definition) is 1. The minimum Gasteiger partial charge on any atom is -0.497 e. The highest BCUT2D eigenvalue weighted by Crippen LogP contribution is 2.37. The van der Waals surface area contributed by atoms with E-state index in [4.69, 9.17) is 4.74 Å². The second-order valence-electron chi connectivity index (χ2n) is 6.80. The van der Waals surface area contributed by atoms with Gasteiger partial charge in [0.2, 0.25) is 0 Å². The Morgan fingerprint density at radius 2 is 1.88 bits per heavy atom. The van der Waals surface area contributed by atoms with E-state index in [0.717, 1.165) is 24.3 Å². The summed E-state index contributed by atoms with van der Waals surface area (Å²) in [4.78, 5) is 2.13. The molecule has 0 fully saturated rings. The van der Waals surface area contributed by atoms with Crippen LogP contribution in [0.4, 0.5) is 0 Å². The molecule has 2 aromatic carbocycles. The van der Waals surface area contributed by atoms with Crippen molar-refractivity contribution in [1.82, 2.24) is 4.90 Å². The maximum Gasteiger partial charge on any atom is 0.119 e. The SMILES string of the molecule is C=CCC(O)(c1cccc(OC)c1)C(Cc1ccccc1)CN(C)C. The zero-order chi connectivity index (χ0) is 18.3. The van der Waals surface area contributed by atoms with Crippen molar-refractivity contribution in [2.45, 2.75) is 18.4 Å². The van der Waals surface area contributed by atoms with Crippen molar-refractivity contribution >= 4 is 0 Å². The number of methoxy groups -OCH3 is 1. The first kappa shape index (κ1) is 19.2. The molecule has 0 amide bonds. The zero-order valence-electron chi connectivity index (χ0n) is 15.5. The van der Waals surface area contributed by atoms with E-state index in [2.05, 4.69) is 23.6 Å². The van der Waals surface area contributed by atoms with Crippen LogP contribution in [-0.2, 0) is 12.0 Å². The van der Waals surface area contributed by atoms with Gasteiger partial charge in [-0.3, -0.25) is 0 Å². The van der Waals surface area contributed by atoms with E-state index >= 15 is 0 Å². The summed E-state index contributed by atoms with van der Waals surface area (Å²) in [5, 5.41) is 11.7. The third-order valence-corrected chi connectivity index (χ3v) is 4.61. The lowest BCUT2D eigenvalue weighted by molar-refractivity contribution is -0.0307.